The maximum Gasteiger partial charge on any atom is 0.0539 e. The van der Waals surface area contributed by atoms with Gasteiger partial charge in [0.05, 0.1) is 6.20 Å². The highest BCUT2D eigenvalue weighted by molar-refractivity contribution is 9.10. The van der Waals surface area contributed by atoms with Crippen LogP contribution in [0.5, 0.6) is 0 Å². The Morgan fingerprint density at radius 1 is 1.38 bits per heavy atom. The summed E-state index contributed by atoms with van der Waals surface area (Å²) in [6, 6.07) is 6.26. The Labute approximate surface area is 103 Å². The molecule has 0 fully saturated rings. The molecule has 0 unspecified atom stereocenters. The normalized spacial score (nSPS) is 10.4. The van der Waals surface area contributed by atoms with Crippen LogP contribution in [0.4, 0.5) is 5.69 Å². The Kier molecular flexibility index (Phi) is 3.29. The number of nitrogens with zero attached hydrogens (tertiary/aromatic N) is 1. The van der Waals surface area contributed by atoms with Crippen molar-refractivity contribution in [2.45, 2.75) is 20.4 Å². The molecule has 1 aromatic heterocycles. The van der Waals surface area contributed by atoms with Crippen LogP contribution in [-0.4, -0.2) is 10.2 Å². The minimum atomic E-state index is 0.790. The molecule has 0 aliphatic carbocycles. The summed E-state index contributed by atoms with van der Waals surface area (Å²) in [5.41, 5.74) is 4.65. The predicted molar refractivity (Wildman–Crippen MR) is 69.5 cm³/mol. The molecule has 3 nitrogen and oxygen atoms in total. The molecule has 0 aliphatic rings. The van der Waals surface area contributed by atoms with Gasteiger partial charge in [0.25, 0.3) is 0 Å². The molecule has 1 aromatic carbocycles. The number of H-pyrrole nitrogens is 1. The first-order valence-electron chi connectivity index (χ1n) is 5.15. The van der Waals surface area contributed by atoms with Crippen molar-refractivity contribution >= 4 is 21.6 Å². The number of hydrogen-bond acceptors (Lipinski definition) is 2. The summed E-state index contributed by atoms with van der Waals surface area (Å²) in [6.07, 6.45) is 1.85. The number of anilines is 1. The highest BCUT2D eigenvalue weighted by Crippen LogP contribution is 2.21. The van der Waals surface area contributed by atoms with Crippen molar-refractivity contribution in [1.82, 2.24) is 10.2 Å². The molecule has 0 saturated carbocycles. The van der Waals surface area contributed by atoms with Crippen LogP contribution in [0, 0.1) is 13.8 Å². The Balaban J connectivity index is 2.05. The second-order valence-corrected chi connectivity index (χ2v) is 4.69. The van der Waals surface area contributed by atoms with Crippen LogP contribution in [-0.2, 0) is 6.54 Å². The second-order valence-electron chi connectivity index (χ2n) is 3.84. The van der Waals surface area contributed by atoms with E-state index >= 15 is 0 Å². The summed E-state index contributed by atoms with van der Waals surface area (Å²) in [4.78, 5) is 0. The molecule has 1 heterocycles. The fourth-order valence-corrected chi connectivity index (χ4v) is 1.83. The van der Waals surface area contributed by atoms with Gasteiger partial charge in [0.2, 0.25) is 0 Å². The van der Waals surface area contributed by atoms with E-state index in [1.807, 2.05) is 13.1 Å². The van der Waals surface area contributed by atoms with E-state index in [2.05, 4.69) is 56.6 Å². The third-order valence-corrected chi connectivity index (χ3v) is 3.44. The van der Waals surface area contributed by atoms with Crippen LogP contribution >= 0.6 is 15.9 Å². The van der Waals surface area contributed by atoms with Gasteiger partial charge in [0.15, 0.2) is 0 Å². The van der Waals surface area contributed by atoms with Gasteiger partial charge in [-0.1, -0.05) is 22.0 Å². The number of aromatic amines is 1. The number of halogens is 1. The van der Waals surface area contributed by atoms with Crippen molar-refractivity contribution in [3.8, 4) is 0 Å². The Morgan fingerprint density at radius 2 is 2.19 bits per heavy atom. The molecule has 0 saturated heterocycles. The van der Waals surface area contributed by atoms with Gasteiger partial charge >= 0.3 is 0 Å². The van der Waals surface area contributed by atoms with Gasteiger partial charge in [0, 0.05) is 28.0 Å². The van der Waals surface area contributed by atoms with E-state index in [1.165, 1.54) is 11.1 Å². The van der Waals surface area contributed by atoms with Crippen LogP contribution in [0.25, 0.3) is 0 Å². The first-order valence-corrected chi connectivity index (χ1v) is 5.95. The summed E-state index contributed by atoms with van der Waals surface area (Å²) in [5, 5.41) is 10.3. The van der Waals surface area contributed by atoms with Crippen LogP contribution in [0.3, 0.4) is 0 Å². The zero-order valence-corrected chi connectivity index (χ0v) is 10.9. The molecule has 0 aliphatic heterocycles. The smallest absolute Gasteiger partial charge is 0.0539 e. The maximum atomic E-state index is 3.99. The van der Waals surface area contributed by atoms with E-state index in [-0.39, 0.29) is 0 Å². The lowest BCUT2D eigenvalue weighted by Crippen LogP contribution is -1.99. The number of hydrogen-bond donors (Lipinski definition) is 2. The fraction of sp³-hybridized carbons (Fsp3) is 0.250. The lowest BCUT2D eigenvalue weighted by atomic mass is 10.2. The molecule has 4 heteroatoms. The Morgan fingerprint density at radius 3 is 2.81 bits per heavy atom. The first kappa shape index (κ1) is 11.2. The predicted octanol–water partition coefficient (Wildman–Crippen LogP) is 3.40. The van der Waals surface area contributed by atoms with E-state index in [9.17, 15) is 0 Å². The van der Waals surface area contributed by atoms with Crippen LogP contribution in [0.15, 0.2) is 28.9 Å². The van der Waals surface area contributed by atoms with E-state index in [1.54, 1.807) is 0 Å². The maximum absolute atomic E-state index is 3.99. The highest BCUT2D eigenvalue weighted by atomic mass is 79.9. The first-order chi connectivity index (χ1) is 7.66. The standard InChI is InChI=1S/C12H14BrN3/c1-8-3-4-11(5-12(8)13)14-6-10-7-15-16-9(10)2/h3-5,7,14H,6H2,1-2H3,(H,15,16). The van der Waals surface area contributed by atoms with E-state index in [4.69, 9.17) is 0 Å². The summed E-state index contributed by atoms with van der Waals surface area (Å²) >= 11 is 3.52. The van der Waals surface area contributed by atoms with Crippen molar-refractivity contribution in [2.24, 2.45) is 0 Å². The van der Waals surface area contributed by atoms with Gasteiger partial charge in [-0.3, -0.25) is 5.10 Å². The third-order valence-electron chi connectivity index (χ3n) is 2.59. The summed E-state index contributed by atoms with van der Waals surface area (Å²) in [7, 11) is 0. The number of nitrogens with one attached hydrogen (secondary N) is 2. The molecular weight excluding hydrogens is 266 g/mol. The lowest BCUT2D eigenvalue weighted by Gasteiger charge is -2.07. The Bertz CT molecular complexity index is 491. The lowest BCUT2D eigenvalue weighted by molar-refractivity contribution is 1.04. The van der Waals surface area contributed by atoms with Crippen LogP contribution in [0.1, 0.15) is 16.8 Å². The molecular formula is C12H14BrN3. The van der Waals surface area contributed by atoms with Crippen molar-refractivity contribution in [2.75, 3.05) is 5.32 Å². The molecule has 16 heavy (non-hydrogen) atoms. The van der Waals surface area contributed by atoms with Gasteiger partial charge < -0.3 is 5.32 Å². The number of aromatic nitrogens is 2. The molecule has 0 radical (unpaired) electrons. The fourth-order valence-electron chi connectivity index (χ4n) is 1.45. The summed E-state index contributed by atoms with van der Waals surface area (Å²) in [5.74, 6) is 0. The molecule has 2 aromatic rings. The Hall–Kier alpha value is -1.29. The van der Waals surface area contributed by atoms with Gasteiger partial charge in [-0.2, -0.15) is 5.10 Å². The van der Waals surface area contributed by atoms with Crippen molar-refractivity contribution in [1.29, 1.82) is 0 Å². The zero-order valence-electron chi connectivity index (χ0n) is 9.34. The van der Waals surface area contributed by atoms with Gasteiger partial charge in [-0.05, 0) is 31.5 Å². The number of rotatable bonds is 3. The van der Waals surface area contributed by atoms with Crippen LogP contribution in [0.2, 0.25) is 0 Å². The molecule has 84 valence electrons. The minimum Gasteiger partial charge on any atom is -0.381 e. The van der Waals surface area contributed by atoms with Gasteiger partial charge in [-0.25, -0.2) is 0 Å². The average Bonchev–Trinajstić information content (AvgIpc) is 2.66. The summed E-state index contributed by atoms with van der Waals surface area (Å²) in [6.45, 7) is 4.89. The highest BCUT2D eigenvalue weighted by Gasteiger charge is 2.01. The minimum absolute atomic E-state index is 0.790. The van der Waals surface area contributed by atoms with E-state index < -0.39 is 0 Å². The monoisotopic (exact) mass is 279 g/mol. The van der Waals surface area contributed by atoms with Crippen molar-refractivity contribution in [3.05, 3.63) is 45.7 Å². The van der Waals surface area contributed by atoms with E-state index in [0.717, 1.165) is 22.4 Å². The van der Waals surface area contributed by atoms with Crippen molar-refractivity contribution in [3.63, 3.8) is 0 Å². The quantitative estimate of drug-likeness (QED) is 0.904. The van der Waals surface area contributed by atoms with E-state index in [0.29, 0.717) is 0 Å². The average molecular weight is 280 g/mol. The second kappa shape index (κ2) is 4.70. The molecule has 2 rings (SSSR count). The summed E-state index contributed by atoms with van der Waals surface area (Å²) < 4.78 is 1.13. The molecule has 2 N–H and O–H groups in total. The zero-order chi connectivity index (χ0) is 11.5. The molecule has 0 atom stereocenters. The number of benzene rings is 1. The molecule has 0 amide bonds. The van der Waals surface area contributed by atoms with Gasteiger partial charge in [-0.15, -0.1) is 0 Å². The molecule has 0 bridgehead atoms. The topological polar surface area (TPSA) is 40.7 Å². The number of aryl methyl sites for hydroxylation is 2. The SMILES string of the molecule is Cc1ccc(NCc2cn[nH]c2C)cc1Br. The molecule has 0 spiro atoms. The van der Waals surface area contributed by atoms with Crippen molar-refractivity contribution < 1.29 is 0 Å². The van der Waals surface area contributed by atoms with Gasteiger partial charge in [0.1, 0.15) is 0 Å². The third kappa shape index (κ3) is 2.44. The van der Waals surface area contributed by atoms with Crippen LogP contribution < -0.4 is 5.32 Å². The largest absolute Gasteiger partial charge is 0.381 e.